The van der Waals surface area contributed by atoms with E-state index in [-0.39, 0.29) is 5.91 Å². The SMILES string of the molecule is C=CC(=O)N(C)[Si](OC)(OC)OCCCC. The largest absolute Gasteiger partial charge is 0.635 e. The van der Waals surface area contributed by atoms with Crippen molar-refractivity contribution >= 4 is 14.9 Å². The summed E-state index contributed by atoms with van der Waals surface area (Å²) in [6.07, 6.45) is 3.12. The van der Waals surface area contributed by atoms with E-state index in [1.165, 1.54) is 24.9 Å². The minimum atomic E-state index is -3.06. The smallest absolute Gasteiger partial charge is 0.360 e. The molecule has 0 aliphatic rings. The Hall–Kier alpha value is -0.693. The zero-order valence-corrected chi connectivity index (χ0v) is 11.5. The summed E-state index contributed by atoms with van der Waals surface area (Å²) in [5.74, 6) is -0.271. The van der Waals surface area contributed by atoms with Gasteiger partial charge in [0.05, 0.1) is 0 Å². The van der Waals surface area contributed by atoms with E-state index in [1.54, 1.807) is 7.05 Å². The first-order valence-corrected chi connectivity index (χ1v) is 6.89. The summed E-state index contributed by atoms with van der Waals surface area (Å²) in [5, 5.41) is 0. The van der Waals surface area contributed by atoms with Crippen molar-refractivity contribution in [3.63, 3.8) is 0 Å². The molecule has 0 bridgehead atoms. The van der Waals surface area contributed by atoms with Crippen LogP contribution in [0.25, 0.3) is 0 Å². The first-order chi connectivity index (χ1) is 7.57. The summed E-state index contributed by atoms with van der Waals surface area (Å²) in [7, 11) is 1.50. The average molecular weight is 247 g/mol. The Morgan fingerprint density at radius 1 is 1.44 bits per heavy atom. The van der Waals surface area contributed by atoms with Crippen molar-refractivity contribution in [2.24, 2.45) is 0 Å². The average Bonchev–Trinajstić information content (AvgIpc) is 2.33. The van der Waals surface area contributed by atoms with Gasteiger partial charge in [-0.2, -0.15) is 0 Å². The van der Waals surface area contributed by atoms with Gasteiger partial charge in [0.25, 0.3) is 0 Å². The minimum absolute atomic E-state index is 0.271. The Balaban J connectivity index is 4.64. The van der Waals surface area contributed by atoms with Gasteiger partial charge in [0.2, 0.25) is 5.91 Å². The van der Waals surface area contributed by atoms with Crippen LogP contribution < -0.4 is 0 Å². The summed E-state index contributed by atoms with van der Waals surface area (Å²) in [6.45, 7) is 6.00. The van der Waals surface area contributed by atoms with Gasteiger partial charge in [0.15, 0.2) is 0 Å². The highest BCUT2D eigenvalue weighted by molar-refractivity contribution is 6.60. The minimum Gasteiger partial charge on any atom is -0.360 e. The molecular formula is C10H21NO4Si. The summed E-state index contributed by atoms with van der Waals surface area (Å²) in [4.78, 5) is 11.5. The first kappa shape index (κ1) is 15.3. The van der Waals surface area contributed by atoms with Crippen LogP contribution in [0.5, 0.6) is 0 Å². The highest BCUT2D eigenvalue weighted by Gasteiger charge is 2.48. The van der Waals surface area contributed by atoms with Gasteiger partial charge in [-0.25, -0.2) is 0 Å². The molecule has 0 spiro atoms. The van der Waals surface area contributed by atoms with Crippen LogP contribution in [0.2, 0.25) is 0 Å². The van der Waals surface area contributed by atoms with Gasteiger partial charge >= 0.3 is 8.97 Å². The lowest BCUT2D eigenvalue weighted by Gasteiger charge is -2.32. The predicted molar refractivity (Wildman–Crippen MR) is 63.6 cm³/mol. The van der Waals surface area contributed by atoms with E-state index >= 15 is 0 Å². The van der Waals surface area contributed by atoms with Crippen molar-refractivity contribution in [1.82, 2.24) is 4.57 Å². The Labute approximate surface area is 98.4 Å². The predicted octanol–water partition coefficient (Wildman–Crippen LogP) is 1.18. The second kappa shape index (κ2) is 7.56. The highest BCUT2D eigenvalue weighted by Crippen LogP contribution is 2.13. The van der Waals surface area contributed by atoms with E-state index in [0.717, 1.165) is 12.8 Å². The number of unbranched alkanes of at least 4 members (excludes halogenated alkanes) is 1. The van der Waals surface area contributed by atoms with Crippen molar-refractivity contribution in [2.75, 3.05) is 27.9 Å². The van der Waals surface area contributed by atoms with Crippen LogP contribution in [0.15, 0.2) is 12.7 Å². The van der Waals surface area contributed by atoms with E-state index in [1.807, 2.05) is 0 Å². The first-order valence-electron chi connectivity index (χ1n) is 5.22. The number of carbonyl (C=O) groups excluding carboxylic acids is 1. The molecule has 0 N–H and O–H groups in total. The van der Waals surface area contributed by atoms with E-state index < -0.39 is 8.97 Å². The van der Waals surface area contributed by atoms with Crippen LogP contribution >= 0.6 is 0 Å². The van der Waals surface area contributed by atoms with Gasteiger partial charge in [-0.1, -0.05) is 19.9 Å². The van der Waals surface area contributed by atoms with Gasteiger partial charge in [-0.3, -0.25) is 4.79 Å². The number of nitrogens with zero attached hydrogens (tertiary/aromatic N) is 1. The molecule has 94 valence electrons. The summed E-state index contributed by atoms with van der Waals surface area (Å²) >= 11 is 0. The number of likely N-dealkylation sites (N-methyl/N-ethyl adjacent to an activating group) is 1. The molecule has 0 aliphatic heterocycles. The van der Waals surface area contributed by atoms with Crippen molar-refractivity contribution in [3.05, 3.63) is 12.7 Å². The van der Waals surface area contributed by atoms with Crippen LogP contribution in [-0.2, 0) is 18.1 Å². The van der Waals surface area contributed by atoms with Gasteiger partial charge in [-0.05, 0) is 12.5 Å². The monoisotopic (exact) mass is 247 g/mol. The molecule has 0 radical (unpaired) electrons. The van der Waals surface area contributed by atoms with Crippen LogP contribution in [0, 0.1) is 0 Å². The molecule has 0 unspecified atom stereocenters. The maximum Gasteiger partial charge on any atom is 0.635 e. The lowest BCUT2D eigenvalue weighted by molar-refractivity contribution is -0.124. The molecule has 0 saturated heterocycles. The summed E-state index contributed by atoms with van der Waals surface area (Å²) in [6, 6.07) is 0. The maximum atomic E-state index is 11.5. The molecule has 0 atom stereocenters. The molecule has 0 heterocycles. The number of carbonyl (C=O) groups is 1. The third-order valence-electron chi connectivity index (χ3n) is 2.21. The highest BCUT2D eigenvalue weighted by atomic mass is 28.4. The third-order valence-corrected chi connectivity index (χ3v) is 4.86. The maximum absolute atomic E-state index is 11.5. The Morgan fingerprint density at radius 2 is 2.00 bits per heavy atom. The number of hydrogen-bond donors (Lipinski definition) is 0. The molecule has 0 aromatic heterocycles. The molecule has 0 rings (SSSR count). The third kappa shape index (κ3) is 3.71. The molecule has 5 nitrogen and oxygen atoms in total. The molecule has 1 amide bonds. The number of rotatable bonds is 8. The summed E-state index contributed by atoms with van der Waals surface area (Å²) in [5.41, 5.74) is 0. The Morgan fingerprint density at radius 3 is 2.38 bits per heavy atom. The molecule has 0 aromatic carbocycles. The van der Waals surface area contributed by atoms with Crippen molar-refractivity contribution in [1.29, 1.82) is 0 Å². The van der Waals surface area contributed by atoms with Crippen LogP contribution in [0.3, 0.4) is 0 Å². The molecule has 0 fully saturated rings. The van der Waals surface area contributed by atoms with Crippen LogP contribution in [-0.4, -0.2) is 47.3 Å². The molecule has 0 aliphatic carbocycles. The molecular weight excluding hydrogens is 226 g/mol. The van der Waals surface area contributed by atoms with Gasteiger partial charge in [0, 0.05) is 27.9 Å². The number of amides is 1. The Bertz CT molecular complexity index is 231. The van der Waals surface area contributed by atoms with E-state index in [9.17, 15) is 4.79 Å². The Kier molecular flexibility index (Phi) is 7.23. The van der Waals surface area contributed by atoms with Crippen molar-refractivity contribution in [3.8, 4) is 0 Å². The van der Waals surface area contributed by atoms with Gasteiger partial charge in [0.1, 0.15) is 0 Å². The number of hydrogen-bond acceptors (Lipinski definition) is 4. The van der Waals surface area contributed by atoms with Crippen LogP contribution in [0.4, 0.5) is 0 Å². The van der Waals surface area contributed by atoms with E-state index in [2.05, 4.69) is 13.5 Å². The van der Waals surface area contributed by atoms with Gasteiger partial charge < -0.3 is 17.8 Å². The fourth-order valence-corrected chi connectivity index (χ4v) is 3.10. The second-order valence-corrected chi connectivity index (χ2v) is 6.06. The molecule has 16 heavy (non-hydrogen) atoms. The van der Waals surface area contributed by atoms with Crippen molar-refractivity contribution in [2.45, 2.75) is 19.8 Å². The fraction of sp³-hybridized carbons (Fsp3) is 0.700. The van der Waals surface area contributed by atoms with E-state index in [0.29, 0.717) is 6.61 Å². The quantitative estimate of drug-likeness (QED) is 0.367. The lowest BCUT2D eigenvalue weighted by atomic mass is 10.4. The van der Waals surface area contributed by atoms with Gasteiger partial charge in [-0.15, -0.1) is 0 Å². The second-order valence-electron chi connectivity index (χ2n) is 3.24. The van der Waals surface area contributed by atoms with E-state index in [4.69, 9.17) is 13.3 Å². The van der Waals surface area contributed by atoms with Crippen molar-refractivity contribution < 1.29 is 18.1 Å². The zero-order valence-electron chi connectivity index (χ0n) is 10.5. The topological polar surface area (TPSA) is 48.0 Å². The lowest BCUT2D eigenvalue weighted by Crippen LogP contribution is -2.60. The standard InChI is InChI=1S/C10H21NO4Si/c1-6-8-9-15-16(13-4,14-5)11(3)10(12)7-2/h7H,2,6,8-9H2,1,3-5H3. The molecule has 6 heteroatoms. The fourth-order valence-electron chi connectivity index (χ4n) is 1.19. The normalized spacial score (nSPS) is 11.2. The van der Waals surface area contributed by atoms with Crippen LogP contribution in [0.1, 0.15) is 19.8 Å². The zero-order chi connectivity index (χ0) is 12.6. The molecule has 0 saturated carbocycles. The molecule has 0 aromatic rings. The summed E-state index contributed by atoms with van der Waals surface area (Å²) < 4.78 is 17.5.